The van der Waals surface area contributed by atoms with Crippen LogP contribution in [0.2, 0.25) is 0 Å². The molecule has 0 aliphatic rings. The van der Waals surface area contributed by atoms with Gasteiger partial charge >= 0.3 is 0 Å². The molecule has 0 spiro atoms. The Kier molecular flexibility index (Phi) is 7.71. The van der Waals surface area contributed by atoms with E-state index in [1.54, 1.807) is 12.1 Å². The van der Waals surface area contributed by atoms with E-state index in [9.17, 15) is 14.4 Å². The van der Waals surface area contributed by atoms with Crippen LogP contribution in [0.5, 0.6) is 0 Å². The summed E-state index contributed by atoms with van der Waals surface area (Å²) in [6.45, 7) is 8.99. The predicted octanol–water partition coefficient (Wildman–Crippen LogP) is 3.80. The van der Waals surface area contributed by atoms with E-state index in [4.69, 9.17) is 0 Å². The molecule has 154 valence electrons. The molecule has 29 heavy (non-hydrogen) atoms. The topological polar surface area (TPSA) is 75.3 Å². The average Bonchev–Trinajstić information content (AvgIpc) is 2.69. The van der Waals surface area contributed by atoms with Gasteiger partial charge in [-0.25, -0.2) is 0 Å². The van der Waals surface area contributed by atoms with Crippen molar-refractivity contribution in [2.24, 2.45) is 0 Å². The van der Waals surface area contributed by atoms with Crippen molar-refractivity contribution < 1.29 is 14.4 Å². The van der Waals surface area contributed by atoms with E-state index in [0.29, 0.717) is 24.2 Å². The molecule has 0 bridgehead atoms. The number of rotatable bonds is 8. The van der Waals surface area contributed by atoms with Crippen molar-refractivity contribution in [1.29, 1.82) is 0 Å². The van der Waals surface area contributed by atoms with Crippen LogP contribution in [0.4, 0.5) is 0 Å². The lowest BCUT2D eigenvalue weighted by Gasteiger charge is -2.19. The minimum absolute atomic E-state index is 0.0418. The lowest BCUT2D eigenvalue weighted by molar-refractivity contribution is -0.121. The first-order valence-corrected chi connectivity index (χ1v) is 9.92. The van der Waals surface area contributed by atoms with Crippen LogP contribution in [0.25, 0.3) is 0 Å². The Morgan fingerprint density at radius 2 is 1.31 bits per heavy atom. The molecular weight excluding hydrogens is 364 g/mol. The molecule has 2 aromatic carbocycles. The van der Waals surface area contributed by atoms with Crippen molar-refractivity contribution >= 4 is 17.6 Å². The van der Waals surface area contributed by atoms with Crippen molar-refractivity contribution in [2.75, 3.05) is 13.1 Å². The fraction of sp³-hybridized carbons (Fsp3) is 0.375. The molecule has 0 aromatic heterocycles. The first-order chi connectivity index (χ1) is 13.7. The van der Waals surface area contributed by atoms with Gasteiger partial charge in [-0.2, -0.15) is 0 Å². The van der Waals surface area contributed by atoms with Gasteiger partial charge in [0.15, 0.2) is 5.78 Å². The second kappa shape index (κ2) is 10.0. The van der Waals surface area contributed by atoms with Gasteiger partial charge in [0.1, 0.15) is 0 Å². The molecule has 2 aromatic rings. The number of nitrogens with one attached hydrogen (secondary N) is 2. The van der Waals surface area contributed by atoms with Gasteiger partial charge in [-0.05, 0) is 30.0 Å². The molecule has 5 heteroatoms. The largest absolute Gasteiger partial charge is 0.354 e. The second-order valence-corrected chi connectivity index (χ2v) is 8.22. The summed E-state index contributed by atoms with van der Waals surface area (Å²) in [4.78, 5) is 36.2. The van der Waals surface area contributed by atoms with E-state index in [0.717, 1.165) is 5.56 Å². The molecule has 0 saturated carbocycles. The highest BCUT2D eigenvalue weighted by Gasteiger charge is 2.14. The van der Waals surface area contributed by atoms with Crippen LogP contribution in [0, 0.1) is 6.92 Å². The molecule has 0 atom stereocenters. The van der Waals surface area contributed by atoms with Crippen LogP contribution in [0.3, 0.4) is 0 Å². The van der Waals surface area contributed by atoms with Crippen LogP contribution in [0.15, 0.2) is 48.5 Å². The third-order valence-electron chi connectivity index (χ3n) is 4.70. The Hall–Kier alpha value is -2.95. The van der Waals surface area contributed by atoms with Crippen LogP contribution in [-0.2, 0) is 10.2 Å². The van der Waals surface area contributed by atoms with E-state index in [-0.39, 0.29) is 35.9 Å². The molecule has 0 radical (unpaired) electrons. The standard InChI is InChI=1S/C24H30N2O3/c1-17-5-7-18(8-6-17)21(27)13-14-22(28)25-15-16-26-23(29)19-9-11-20(12-10-19)24(2,3)4/h5-12H,13-16H2,1-4H3,(H,25,28)(H,26,29). The van der Waals surface area contributed by atoms with Crippen molar-refractivity contribution in [3.05, 3.63) is 70.8 Å². The third kappa shape index (κ3) is 7.18. The molecule has 2 amide bonds. The van der Waals surface area contributed by atoms with Crippen LogP contribution >= 0.6 is 0 Å². The quantitative estimate of drug-likeness (QED) is 0.528. The molecule has 2 rings (SSSR count). The summed E-state index contributed by atoms with van der Waals surface area (Å²) in [5.74, 6) is -0.421. The molecule has 0 aliphatic heterocycles. The third-order valence-corrected chi connectivity index (χ3v) is 4.70. The first-order valence-electron chi connectivity index (χ1n) is 9.92. The van der Waals surface area contributed by atoms with Gasteiger partial charge in [0, 0.05) is 37.1 Å². The molecule has 0 aliphatic carbocycles. The van der Waals surface area contributed by atoms with Gasteiger partial charge in [-0.15, -0.1) is 0 Å². The van der Waals surface area contributed by atoms with E-state index in [1.165, 1.54) is 5.56 Å². The molecule has 5 nitrogen and oxygen atoms in total. The van der Waals surface area contributed by atoms with E-state index in [2.05, 4.69) is 31.4 Å². The minimum atomic E-state index is -0.200. The van der Waals surface area contributed by atoms with Crippen molar-refractivity contribution in [1.82, 2.24) is 10.6 Å². The summed E-state index contributed by atoms with van der Waals surface area (Å²) in [5.41, 5.74) is 3.51. The minimum Gasteiger partial charge on any atom is -0.354 e. The maximum Gasteiger partial charge on any atom is 0.251 e. The van der Waals surface area contributed by atoms with Gasteiger partial charge in [0.25, 0.3) is 5.91 Å². The molecule has 0 unspecified atom stereocenters. The smallest absolute Gasteiger partial charge is 0.251 e. The summed E-state index contributed by atoms with van der Waals surface area (Å²) in [7, 11) is 0. The fourth-order valence-electron chi connectivity index (χ4n) is 2.80. The number of hydrogen-bond acceptors (Lipinski definition) is 3. The lowest BCUT2D eigenvalue weighted by atomic mass is 9.87. The normalized spacial score (nSPS) is 11.0. The number of hydrogen-bond donors (Lipinski definition) is 2. The Morgan fingerprint density at radius 1 is 0.759 bits per heavy atom. The van der Waals surface area contributed by atoms with E-state index in [1.807, 2.05) is 43.3 Å². The van der Waals surface area contributed by atoms with Crippen LogP contribution in [-0.4, -0.2) is 30.7 Å². The molecule has 0 saturated heterocycles. The zero-order valence-corrected chi connectivity index (χ0v) is 17.7. The zero-order chi connectivity index (χ0) is 21.4. The highest BCUT2D eigenvalue weighted by molar-refractivity contribution is 5.98. The van der Waals surface area contributed by atoms with Gasteiger partial charge in [0.2, 0.25) is 5.91 Å². The number of benzene rings is 2. The summed E-state index contributed by atoms with van der Waals surface area (Å²) >= 11 is 0. The SMILES string of the molecule is Cc1ccc(C(=O)CCC(=O)NCCNC(=O)c2ccc(C(C)(C)C)cc2)cc1. The van der Waals surface area contributed by atoms with Gasteiger partial charge in [-0.3, -0.25) is 14.4 Å². The Balaban J connectivity index is 1.67. The second-order valence-electron chi connectivity index (χ2n) is 8.22. The number of Topliss-reactive ketones (excluding diaryl/α,β-unsaturated/α-hetero) is 1. The maximum absolute atomic E-state index is 12.2. The predicted molar refractivity (Wildman–Crippen MR) is 115 cm³/mol. The number of carbonyl (C=O) groups is 3. The Morgan fingerprint density at radius 3 is 1.90 bits per heavy atom. The summed E-state index contributed by atoms with van der Waals surface area (Å²) in [6.07, 6.45) is 0.302. The number of ketones is 1. The number of aryl methyl sites for hydroxylation is 1. The fourth-order valence-corrected chi connectivity index (χ4v) is 2.80. The Bertz CT molecular complexity index is 847. The maximum atomic E-state index is 12.2. The van der Waals surface area contributed by atoms with Crippen molar-refractivity contribution in [3.63, 3.8) is 0 Å². The van der Waals surface area contributed by atoms with Crippen molar-refractivity contribution in [2.45, 2.75) is 46.0 Å². The van der Waals surface area contributed by atoms with Crippen LogP contribution < -0.4 is 10.6 Å². The van der Waals surface area contributed by atoms with Crippen LogP contribution in [0.1, 0.15) is 65.5 Å². The molecule has 0 fully saturated rings. The number of amides is 2. The molecule has 2 N–H and O–H groups in total. The average molecular weight is 395 g/mol. The monoisotopic (exact) mass is 394 g/mol. The summed E-state index contributed by atoms with van der Waals surface area (Å²) in [6, 6.07) is 14.9. The first kappa shape index (κ1) is 22.3. The van der Waals surface area contributed by atoms with E-state index < -0.39 is 0 Å². The molecular formula is C24H30N2O3. The molecule has 0 heterocycles. The zero-order valence-electron chi connectivity index (χ0n) is 17.7. The number of carbonyl (C=O) groups excluding carboxylic acids is 3. The summed E-state index contributed by atoms with van der Waals surface area (Å²) < 4.78 is 0. The van der Waals surface area contributed by atoms with Gasteiger partial charge < -0.3 is 10.6 Å². The van der Waals surface area contributed by atoms with Gasteiger partial charge in [0.05, 0.1) is 0 Å². The lowest BCUT2D eigenvalue weighted by Crippen LogP contribution is -2.34. The van der Waals surface area contributed by atoms with Crippen molar-refractivity contribution in [3.8, 4) is 0 Å². The van der Waals surface area contributed by atoms with E-state index >= 15 is 0 Å². The highest BCUT2D eigenvalue weighted by atomic mass is 16.2. The summed E-state index contributed by atoms with van der Waals surface area (Å²) in [5, 5.41) is 5.52. The highest BCUT2D eigenvalue weighted by Crippen LogP contribution is 2.22. The van der Waals surface area contributed by atoms with Gasteiger partial charge in [-0.1, -0.05) is 62.7 Å². The Labute approximate surface area is 172 Å².